The molecule has 1 aliphatic heterocycles. The minimum Gasteiger partial charge on any atom is -0.497 e. The summed E-state index contributed by atoms with van der Waals surface area (Å²) >= 11 is 0. The molecule has 1 fully saturated rings. The van der Waals surface area contributed by atoms with Crippen LogP contribution in [-0.2, 0) is 16.6 Å². The van der Waals surface area contributed by atoms with Gasteiger partial charge in [-0.1, -0.05) is 12.1 Å². The fraction of sp³-hybridized carbons (Fsp3) is 0.500. The topological polar surface area (TPSA) is 38.3 Å². The molecule has 3 nitrogen and oxygen atoms in total. The zero-order valence-electron chi connectivity index (χ0n) is 9.44. The quantitative estimate of drug-likeness (QED) is 0.838. The SMILES string of the molecule is COc1ccc(CS(=O)CC2CNC2)cc1. The average Bonchev–Trinajstić information content (AvgIpc) is 2.25. The van der Waals surface area contributed by atoms with E-state index >= 15 is 0 Å². The second-order valence-corrected chi connectivity index (χ2v) is 5.62. The lowest BCUT2D eigenvalue weighted by atomic mass is 10.1. The fourth-order valence-electron chi connectivity index (χ4n) is 1.70. The van der Waals surface area contributed by atoms with Gasteiger partial charge in [-0.2, -0.15) is 0 Å². The monoisotopic (exact) mass is 239 g/mol. The third kappa shape index (κ3) is 3.06. The van der Waals surface area contributed by atoms with Crippen LogP contribution in [0.3, 0.4) is 0 Å². The van der Waals surface area contributed by atoms with Gasteiger partial charge in [0.15, 0.2) is 0 Å². The van der Waals surface area contributed by atoms with Gasteiger partial charge in [0.25, 0.3) is 0 Å². The van der Waals surface area contributed by atoms with Crippen molar-refractivity contribution in [2.75, 3.05) is 26.0 Å². The first-order valence-electron chi connectivity index (χ1n) is 5.46. The van der Waals surface area contributed by atoms with Crippen molar-refractivity contribution >= 4 is 10.8 Å². The summed E-state index contributed by atoms with van der Waals surface area (Å²) < 4.78 is 16.9. The lowest BCUT2D eigenvalue weighted by Crippen LogP contribution is -2.44. The Balaban J connectivity index is 1.84. The largest absolute Gasteiger partial charge is 0.497 e. The summed E-state index contributed by atoms with van der Waals surface area (Å²) in [7, 11) is 0.910. The van der Waals surface area contributed by atoms with Gasteiger partial charge in [0.05, 0.1) is 7.11 Å². The third-order valence-electron chi connectivity index (χ3n) is 2.77. The molecule has 0 aromatic heterocycles. The maximum atomic E-state index is 11.8. The highest BCUT2D eigenvalue weighted by molar-refractivity contribution is 7.84. The number of nitrogens with one attached hydrogen (secondary N) is 1. The van der Waals surface area contributed by atoms with Crippen LogP contribution in [0.1, 0.15) is 5.56 Å². The summed E-state index contributed by atoms with van der Waals surface area (Å²) in [6, 6.07) is 7.79. The molecular formula is C12H17NO2S. The number of hydrogen-bond acceptors (Lipinski definition) is 3. The van der Waals surface area contributed by atoms with Gasteiger partial charge in [-0.3, -0.25) is 4.21 Å². The van der Waals surface area contributed by atoms with E-state index in [0.29, 0.717) is 11.7 Å². The van der Waals surface area contributed by atoms with E-state index in [9.17, 15) is 4.21 Å². The first-order chi connectivity index (χ1) is 7.78. The predicted molar refractivity (Wildman–Crippen MR) is 66.1 cm³/mol. The Morgan fingerprint density at radius 2 is 2.06 bits per heavy atom. The van der Waals surface area contributed by atoms with Crippen molar-refractivity contribution in [2.45, 2.75) is 5.75 Å². The number of methoxy groups -OCH3 is 1. The van der Waals surface area contributed by atoms with Crippen molar-refractivity contribution in [2.24, 2.45) is 5.92 Å². The number of benzene rings is 1. The lowest BCUT2D eigenvalue weighted by molar-refractivity contribution is 0.382. The van der Waals surface area contributed by atoms with Crippen LogP contribution in [0.25, 0.3) is 0 Å². The standard InChI is InChI=1S/C12H17NO2S/c1-15-12-4-2-10(3-5-12)8-16(14)9-11-6-13-7-11/h2-5,11,13H,6-9H2,1H3. The first-order valence-corrected chi connectivity index (χ1v) is 6.95. The van der Waals surface area contributed by atoms with E-state index in [1.807, 2.05) is 24.3 Å². The molecule has 0 amide bonds. The van der Waals surface area contributed by atoms with Crippen LogP contribution in [0.4, 0.5) is 0 Å². The molecule has 1 saturated heterocycles. The minimum atomic E-state index is -0.739. The van der Waals surface area contributed by atoms with Crippen LogP contribution >= 0.6 is 0 Å². The number of hydrogen-bond donors (Lipinski definition) is 1. The Hall–Kier alpha value is -0.870. The zero-order chi connectivity index (χ0) is 11.4. The summed E-state index contributed by atoms with van der Waals surface area (Å²) in [5.41, 5.74) is 1.12. The van der Waals surface area contributed by atoms with E-state index in [2.05, 4.69) is 5.32 Å². The Morgan fingerprint density at radius 3 is 2.56 bits per heavy atom. The minimum absolute atomic E-state index is 0.610. The molecule has 0 saturated carbocycles. The van der Waals surface area contributed by atoms with Crippen LogP contribution in [0, 0.1) is 5.92 Å². The molecular weight excluding hydrogens is 222 g/mol. The van der Waals surface area contributed by atoms with Gasteiger partial charge >= 0.3 is 0 Å². The van der Waals surface area contributed by atoms with Crippen LogP contribution in [0.15, 0.2) is 24.3 Å². The van der Waals surface area contributed by atoms with Crippen LogP contribution in [0.5, 0.6) is 5.75 Å². The molecule has 1 aromatic rings. The average molecular weight is 239 g/mol. The second-order valence-electron chi connectivity index (χ2n) is 4.12. The molecule has 16 heavy (non-hydrogen) atoms. The highest BCUT2D eigenvalue weighted by atomic mass is 32.2. The normalized spacial score (nSPS) is 17.8. The van der Waals surface area contributed by atoms with Crippen LogP contribution in [0.2, 0.25) is 0 Å². The van der Waals surface area contributed by atoms with Crippen molar-refractivity contribution in [3.8, 4) is 5.75 Å². The molecule has 0 spiro atoms. The van der Waals surface area contributed by atoms with E-state index < -0.39 is 10.8 Å². The van der Waals surface area contributed by atoms with Crippen molar-refractivity contribution in [1.29, 1.82) is 0 Å². The van der Waals surface area contributed by atoms with E-state index in [1.54, 1.807) is 7.11 Å². The highest BCUT2D eigenvalue weighted by Gasteiger charge is 2.19. The van der Waals surface area contributed by atoms with Gasteiger partial charge in [-0.15, -0.1) is 0 Å². The molecule has 88 valence electrons. The first kappa shape index (κ1) is 11.6. The third-order valence-corrected chi connectivity index (χ3v) is 4.27. The summed E-state index contributed by atoms with van der Waals surface area (Å²) in [6.07, 6.45) is 0. The Labute approximate surface area is 98.7 Å². The Bertz CT molecular complexity index is 360. The Kier molecular flexibility index (Phi) is 3.96. The summed E-state index contributed by atoms with van der Waals surface area (Å²) in [6.45, 7) is 2.04. The van der Waals surface area contributed by atoms with Crippen molar-refractivity contribution < 1.29 is 8.95 Å². The predicted octanol–water partition coefficient (Wildman–Crippen LogP) is 1.16. The Morgan fingerprint density at radius 1 is 1.38 bits per heavy atom. The fourth-order valence-corrected chi connectivity index (χ4v) is 3.14. The molecule has 2 rings (SSSR count). The summed E-state index contributed by atoms with van der Waals surface area (Å²) in [5, 5.41) is 3.19. The molecule has 1 aromatic carbocycles. The molecule has 1 heterocycles. The van der Waals surface area contributed by atoms with Crippen LogP contribution < -0.4 is 10.1 Å². The molecule has 4 heteroatoms. The molecule has 1 N–H and O–H groups in total. The molecule has 0 aliphatic carbocycles. The van der Waals surface area contributed by atoms with Crippen molar-refractivity contribution in [3.63, 3.8) is 0 Å². The van der Waals surface area contributed by atoms with E-state index in [-0.39, 0.29) is 0 Å². The smallest absolute Gasteiger partial charge is 0.118 e. The summed E-state index contributed by atoms with van der Waals surface area (Å²) in [4.78, 5) is 0. The van der Waals surface area contributed by atoms with E-state index in [4.69, 9.17) is 4.74 Å². The second kappa shape index (κ2) is 5.46. The van der Waals surface area contributed by atoms with Crippen molar-refractivity contribution in [3.05, 3.63) is 29.8 Å². The lowest BCUT2D eigenvalue weighted by Gasteiger charge is -2.26. The molecule has 1 unspecified atom stereocenters. The van der Waals surface area contributed by atoms with E-state index in [1.165, 1.54) is 0 Å². The molecule has 1 atom stereocenters. The number of rotatable bonds is 5. The van der Waals surface area contributed by atoms with Crippen molar-refractivity contribution in [1.82, 2.24) is 5.32 Å². The molecule has 1 aliphatic rings. The van der Waals surface area contributed by atoms with Gasteiger partial charge in [0.2, 0.25) is 0 Å². The maximum absolute atomic E-state index is 11.8. The van der Waals surface area contributed by atoms with Crippen LogP contribution in [-0.4, -0.2) is 30.2 Å². The van der Waals surface area contributed by atoms with Gasteiger partial charge in [0.1, 0.15) is 5.75 Å². The van der Waals surface area contributed by atoms with Gasteiger partial charge in [-0.25, -0.2) is 0 Å². The summed E-state index contributed by atoms with van der Waals surface area (Å²) in [5.74, 6) is 2.93. The zero-order valence-corrected chi connectivity index (χ0v) is 10.3. The molecule has 0 bridgehead atoms. The molecule has 0 radical (unpaired) electrons. The highest BCUT2D eigenvalue weighted by Crippen LogP contribution is 2.14. The maximum Gasteiger partial charge on any atom is 0.118 e. The number of ether oxygens (including phenoxy) is 1. The van der Waals surface area contributed by atoms with Gasteiger partial charge in [-0.05, 0) is 23.6 Å². The van der Waals surface area contributed by atoms with Gasteiger partial charge in [0, 0.05) is 35.4 Å². The van der Waals surface area contributed by atoms with Gasteiger partial charge < -0.3 is 10.1 Å². The van der Waals surface area contributed by atoms with E-state index in [0.717, 1.165) is 30.2 Å².